The molecule has 0 saturated carbocycles. The number of benzene rings is 2. The predicted molar refractivity (Wildman–Crippen MR) is 123 cm³/mol. The summed E-state index contributed by atoms with van der Waals surface area (Å²) in [6.45, 7) is 1.62. The van der Waals surface area contributed by atoms with Crippen molar-refractivity contribution in [1.29, 1.82) is 0 Å². The van der Waals surface area contributed by atoms with E-state index < -0.39 is 23.5 Å². The van der Waals surface area contributed by atoms with E-state index in [2.05, 4.69) is 15.6 Å². The molecule has 176 valence electrons. The molecule has 0 radical (unpaired) electrons. The number of aromatic nitrogens is 2. The molecule has 1 aliphatic rings. The van der Waals surface area contributed by atoms with Gasteiger partial charge in [0.25, 0.3) is 17.7 Å². The van der Waals surface area contributed by atoms with Crippen LogP contribution >= 0.6 is 11.6 Å². The Balaban J connectivity index is 1.53. The number of halogens is 2. The summed E-state index contributed by atoms with van der Waals surface area (Å²) in [6, 6.07) is 9.97. The molecule has 2 aromatic carbocycles. The minimum atomic E-state index is -0.826. The van der Waals surface area contributed by atoms with Gasteiger partial charge in [-0.2, -0.15) is 0 Å². The molecule has 0 aliphatic carbocycles. The Hall–Kier alpha value is -3.76. The second-order valence-corrected chi connectivity index (χ2v) is 8.15. The topological polar surface area (TPSA) is 128 Å². The van der Waals surface area contributed by atoms with Gasteiger partial charge in [0, 0.05) is 30.4 Å². The summed E-state index contributed by atoms with van der Waals surface area (Å²) < 4.78 is 20.0. The van der Waals surface area contributed by atoms with Crippen LogP contribution in [-0.2, 0) is 4.74 Å². The second kappa shape index (κ2) is 10.0. The van der Waals surface area contributed by atoms with Crippen LogP contribution in [0.4, 0.5) is 10.1 Å². The molecule has 0 bridgehead atoms. The molecule has 1 unspecified atom stereocenters. The lowest BCUT2D eigenvalue weighted by Crippen LogP contribution is -2.32. The first-order valence-electron chi connectivity index (χ1n) is 10.4. The number of amides is 3. The van der Waals surface area contributed by atoms with Crippen LogP contribution < -0.4 is 16.4 Å². The quantitative estimate of drug-likeness (QED) is 0.474. The molecule has 1 saturated heterocycles. The number of anilines is 1. The molecule has 4 N–H and O–H groups in total. The van der Waals surface area contributed by atoms with E-state index in [1.54, 1.807) is 24.3 Å². The van der Waals surface area contributed by atoms with Crippen molar-refractivity contribution in [3.63, 3.8) is 0 Å². The van der Waals surface area contributed by atoms with Crippen molar-refractivity contribution in [3.05, 3.63) is 76.6 Å². The molecule has 11 heteroatoms. The Morgan fingerprint density at radius 2 is 1.94 bits per heavy atom. The summed E-state index contributed by atoms with van der Waals surface area (Å²) in [5, 5.41) is 5.48. The van der Waals surface area contributed by atoms with Gasteiger partial charge in [-0.05, 0) is 48.9 Å². The molecule has 34 heavy (non-hydrogen) atoms. The zero-order valence-corrected chi connectivity index (χ0v) is 18.6. The number of nitrogens with zero attached hydrogens (tertiary/aromatic N) is 2. The summed E-state index contributed by atoms with van der Waals surface area (Å²) >= 11 is 5.94. The van der Waals surface area contributed by atoms with Gasteiger partial charge in [-0.1, -0.05) is 11.6 Å². The number of hydrogen-bond donors (Lipinski definition) is 3. The summed E-state index contributed by atoms with van der Waals surface area (Å²) in [7, 11) is 0. The van der Waals surface area contributed by atoms with Gasteiger partial charge in [0.2, 0.25) is 0 Å². The first-order valence-corrected chi connectivity index (χ1v) is 10.8. The van der Waals surface area contributed by atoms with E-state index in [0.717, 1.165) is 18.6 Å². The van der Waals surface area contributed by atoms with E-state index in [4.69, 9.17) is 22.1 Å². The van der Waals surface area contributed by atoms with Crippen LogP contribution in [-0.4, -0.2) is 47.0 Å². The van der Waals surface area contributed by atoms with Crippen LogP contribution in [0.2, 0.25) is 5.02 Å². The Morgan fingerprint density at radius 1 is 1.18 bits per heavy atom. The summed E-state index contributed by atoms with van der Waals surface area (Å²) in [4.78, 5) is 41.2. The van der Waals surface area contributed by atoms with Crippen LogP contribution in [0, 0.1) is 11.7 Å². The van der Waals surface area contributed by atoms with Crippen molar-refractivity contribution in [2.24, 2.45) is 11.7 Å². The molecule has 9 nitrogen and oxygen atoms in total. The molecule has 1 aromatic heterocycles. The van der Waals surface area contributed by atoms with Crippen LogP contribution in [0.1, 0.15) is 37.8 Å². The highest BCUT2D eigenvalue weighted by atomic mass is 35.5. The van der Waals surface area contributed by atoms with Gasteiger partial charge in [-0.3, -0.25) is 19.0 Å². The molecular weight excluding hydrogens is 465 g/mol. The van der Waals surface area contributed by atoms with Crippen molar-refractivity contribution in [2.75, 3.05) is 25.1 Å². The van der Waals surface area contributed by atoms with Gasteiger partial charge in [-0.15, -0.1) is 0 Å². The highest BCUT2D eigenvalue weighted by molar-refractivity contribution is 6.34. The van der Waals surface area contributed by atoms with Crippen LogP contribution in [0.3, 0.4) is 0 Å². The molecule has 1 fully saturated rings. The maximum absolute atomic E-state index is 13.2. The molecule has 3 aromatic rings. The van der Waals surface area contributed by atoms with Gasteiger partial charge >= 0.3 is 0 Å². The van der Waals surface area contributed by atoms with E-state index in [1.165, 1.54) is 17.0 Å². The fourth-order valence-electron chi connectivity index (χ4n) is 3.58. The molecule has 3 amide bonds. The third-order valence-electron chi connectivity index (χ3n) is 5.37. The third-order valence-corrected chi connectivity index (χ3v) is 5.68. The minimum absolute atomic E-state index is 0.00802. The van der Waals surface area contributed by atoms with Crippen molar-refractivity contribution in [3.8, 4) is 5.69 Å². The number of primary amides is 1. The highest BCUT2D eigenvalue weighted by Gasteiger charge is 2.25. The van der Waals surface area contributed by atoms with Crippen molar-refractivity contribution >= 4 is 35.0 Å². The summed E-state index contributed by atoms with van der Waals surface area (Å²) in [5.41, 5.74) is 6.37. The molecule has 0 spiro atoms. The largest absolute Gasteiger partial charge is 0.381 e. The highest BCUT2D eigenvalue weighted by Crippen LogP contribution is 2.21. The van der Waals surface area contributed by atoms with Gasteiger partial charge in [-0.25, -0.2) is 9.37 Å². The van der Waals surface area contributed by atoms with E-state index >= 15 is 0 Å². The molecule has 1 aliphatic heterocycles. The minimum Gasteiger partial charge on any atom is -0.381 e. The average molecular weight is 486 g/mol. The maximum Gasteiger partial charge on any atom is 0.270 e. The Morgan fingerprint density at radius 3 is 2.59 bits per heavy atom. The first-order chi connectivity index (χ1) is 16.3. The lowest BCUT2D eigenvalue weighted by Gasteiger charge is -2.13. The standard InChI is InChI=1S/C23H21ClFN5O4/c24-18-9-14(25)1-6-17(18)22(32)29-15-2-4-16(5-3-15)30-12-28-19(21(26)31)20(30)23(33)27-10-13-7-8-34-11-13/h1-6,9,12-13H,7-8,10-11H2,(H2,26,31)(H,27,33)(H,29,32). The van der Waals surface area contributed by atoms with Crippen molar-refractivity contribution in [2.45, 2.75) is 6.42 Å². The van der Waals surface area contributed by atoms with Gasteiger partial charge in [0.05, 0.1) is 17.2 Å². The first kappa shape index (κ1) is 23.4. The molecule has 2 heterocycles. The zero-order valence-electron chi connectivity index (χ0n) is 17.9. The third kappa shape index (κ3) is 5.08. The predicted octanol–water partition coefficient (Wildman–Crippen LogP) is 2.78. The second-order valence-electron chi connectivity index (χ2n) is 7.74. The van der Waals surface area contributed by atoms with Crippen molar-refractivity contribution < 1.29 is 23.5 Å². The van der Waals surface area contributed by atoms with E-state index in [9.17, 15) is 18.8 Å². The lowest BCUT2D eigenvalue weighted by atomic mass is 10.1. The number of carbonyl (C=O) groups excluding carboxylic acids is 3. The van der Waals surface area contributed by atoms with Gasteiger partial charge in [0.1, 0.15) is 17.8 Å². The van der Waals surface area contributed by atoms with Gasteiger partial charge in [0.15, 0.2) is 5.69 Å². The van der Waals surface area contributed by atoms with Crippen LogP contribution in [0.5, 0.6) is 0 Å². The SMILES string of the molecule is NC(=O)c1ncn(-c2ccc(NC(=O)c3ccc(F)cc3Cl)cc2)c1C(=O)NCC1CCOC1. The summed E-state index contributed by atoms with van der Waals surface area (Å²) in [6.07, 6.45) is 2.18. The fourth-order valence-corrected chi connectivity index (χ4v) is 3.84. The number of imidazole rings is 1. The monoisotopic (exact) mass is 485 g/mol. The number of rotatable bonds is 7. The lowest BCUT2D eigenvalue weighted by molar-refractivity contribution is 0.0921. The van der Waals surface area contributed by atoms with E-state index in [-0.39, 0.29) is 27.9 Å². The number of ether oxygens (including phenoxy) is 1. The van der Waals surface area contributed by atoms with Crippen molar-refractivity contribution in [1.82, 2.24) is 14.9 Å². The average Bonchev–Trinajstić information content (AvgIpc) is 3.48. The fraction of sp³-hybridized carbons (Fsp3) is 0.217. The number of carbonyl (C=O) groups is 3. The van der Waals surface area contributed by atoms with Crippen LogP contribution in [0.25, 0.3) is 5.69 Å². The van der Waals surface area contributed by atoms with Gasteiger partial charge < -0.3 is 21.1 Å². The zero-order chi connectivity index (χ0) is 24.2. The molecule has 4 rings (SSSR count). The summed E-state index contributed by atoms with van der Waals surface area (Å²) in [5.74, 6) is -2.16. The number of nitrogens with two attached hydrogens (primary N) is 1. The smallest absolute Gasteiger partial charge is 0.270 e. The van der Waals surface area contributed by atoms with E-state index in [1.807, 2.05) is 0 Å². The molecule has 1 atom stereocenters. The van der Waals surface area contributed by atoms with E-state index in [0.29, 0.717) is 31.1 Å². The Labute approximate surface area is 199 Å². The number of nitrogens with one attached hydrogen (secondary N) is 2. The van der Waals surface area contributed by atoms with Crippen LogP contribution in [0.15, 0.2) is 48.8 Å². The molecular formula is C23H21ClFN5O4. The normalized spacial score (nSPS) is 15.2. The Kier molecular flexibility index (Phi) is 6.90. The number of hydrogen-bond acceptors (Lipinski definition) is 5. The Bertz CT molecular complexity index is 1240. The maximum atomic E-state index is 13.2.